The van der Waals surface area contributed by atoms with Crippen LogP contribution >= 0.6 is 11.9 Å². The van der Waals surface area contributed by atoms with Gasteiger partial charge in [-0.25, -0.2) is 4.99 Å². The van der Waals surface area contributed by atoms with Crippen molar-refractivity contribution in [1.82, 2.24) is 4.72 Å². The summed E-state index contributed by atoms with van der Waals surface area (Å²) >= 11 is 1.45. The molecule has 2 rings (SSSR count). The molecule has 0 radical (unpaired) electrons. The lowest BCUT2D eigenvalue weighted by atomic mass is 10.3. The van der Waals surface area contributed by atoms with Crippen molar-refractivity contribution in [3.05, 3.63) is 24.3 Å². The van der Waals surface area contributed by atoms with E-state index in [1.54, 1.807) is 0 Å². The van der Waals surface area contributed by atoms with E-state index in [1.807, 2.05) is 24.3 Å². The molecule has 0 atom stereocenters. The van der Waals surface area contributed by atoms with Crippen LogP contribution in [0.4, 0.5) is 5.69 Å². The van der Waals surface area contributed by atoms with Crippen molar-refractivity contribution in [1.29, 1.82) is 0 Å². The monoisotopic (exact) mass is 207 g/mol. The Bertz CT molecular complexity index is 403. The molecule has 72 valence electrons. The lowest BCUT2D eigenvalue weighted by Crippen LogP contribution is -2.25. The van der Waals surface area contributed by atoms with Crippen LogP contribution in [0.5, 0.6) is 0 Å². The van der Waals surface area contributed by atoms with Gasteiger partial charge in [0, 0.05) is 0 Å². The lowest BCUT2D eigenvalue weighted by Gasteiger charge is -2.14. The van der Waals surface area contributed by atoms with Crippen molar-refractivity contribution in [3.63, 3.8) is 0 Å². The zero-order chi connectivity index (χ0) is 9.97. The van der Waals surface area contributed by atoms with Crippen molar-refractivity contribution in [2.24, 2.45) is 10.7 Å². The highest BCUT2D eigenvalue weighted by atomic mass is 32.2. The molecular weight excluding hydrogens is 198 g/mol. The van der Waals surface area contributed by atoms with Gasteiger partial charge in [0.1, 0.15) is 5.84 Å². The molecule has 0 spiro atoms. The molecule has 3 N–H and O–H groups in total. The normalized spacial score (nSPS) is 13.9. The number of fused-ring (bicyclic) bond motifs is 1. The molecule has 0 saturated heterocycles. The van der Waals surface area contributed by atoms with Gasteiger partial charge in [0.25, 0.3) is 0 Å². The van der Waals surface area contributed by atoms with Gasteiger partial charge in [-0.3, -0.25) is 4.79 Å². The van der Waals surface area contributed by atoms with E-state index in [9.17, 15) is 4.79 Å². The van der Waals surface area contributed by atoms with E-state index in [1.165, 1.54) is 11.9 Å². The maximum Gasteiger partial charge on any atom is 0.225 e. The number of nitrogens with zero attached hydrogens (tertiary/aromatic N) is 1. The number of benzene rings is 1. The summed E-state index contributed by atoms with van der Waals surface area (Å²) < 4.78 is 2.97. The second kappa shape index (κ2) is 3.71. The first-order chi connectivity index (χ1) is 6.75. The molecular formula is C9H9N3OS. The first-order valence-electron chi connectivity index (χ1n) is 4.13. The second-order valence-corrected chi connectivity index (χ2v) is 3.72. The van der Waals surface area contributed by atoms with Crippen LogP contribution in [0.2, 0.25) is 0 Å². The number of hydrogen-bond donors (Lipinski definition) is 2. The molecule has 0 aliphatic carbocycles. The predicted molar refractivity (Wildman–Crippen MR) is 56.3 cm³/mol. The summed E-state index contributed by atoms with van der Waals surface area (Å²) in [4.78, 5) is 16.0. The van der Waals surface area contributed by atoms with Crippen molar-refractivity contribution in [3.8, 4) is 0 Å². The van der Waals surface area contributed by atoms with Crippen LogP contribution in [-0.2, 0) is 4.79 Å². The van der Waals surface area contributed by atoms with Gasteiger partial charge in [0.05, 0.1) is 17.0 Å². The fourth-order valence-electron chi connectivity index (χ4n) is 1.16. The summed E-state index contributed by atoms with van der Waals surface area (Å²) in [5, 5.41) is 0. The van der Waals surface area contributed by atoms with E-state index in [0.717, 1.165) is 10.6 Å². The first-order valence-corrected chi connectivity index (χ1v) is 4.95. The number of rotatable bonds is 2. The Balaban J connectivity index is 2.26. The molecule has 14 heavy (non-hydrogen) atoms. The van der Waals surface area contributed by atoms with Gasteiger partial charge in [-0.05, 0) is 24.1 Å². The second-order valence-electron chi connectivity index (χ2n) is 2.87. The number of para-hydroxylation sites is 1. The Hall–Kier alpha value is -1.49. The Morgan fingerprint density at radius 1 is 1.50 bits per heavy atom. The number of nitrogens with one attached hydrogen (secondary N) is 1. The largest absolute Gasteiger partial charge is 0.369 e. The first kappa shape index (κ1) is 9.08. The standard InChI is InChI=1S/C9H9N3OS/c10-8(13)5-9-11-6-3-1-2-4-7(6)14-12-9/h1-4H,5H2,(H2,10,13)(H,11,12). The number of carbonyl (C=O) groups excluding carboxylic acids is 1. The van der Waals surface area contributed by atoms with E-state index in [0.29, 0.717) is 5.84 Å². The number of primary amides is 1. The van der Waals surface area contributed by atoms with E-state index >= 15 is 0 Å². The predicted octanol–water partition coefficient (Wildman–Crippen LogP) is 1.20. The SMILES string of the molecule is NC(=O)CC1=Nc2ccccc2SN1. The average molecular weight is 207 g/mol. The van der Waals surface area contributed by atoms with Gasteiger partial charge in [0.2, 0.25) is 5.91 Å². The minimum atomic E-state index is -0.378. The number of carbonyl (C=O) groups is 1. The molecule has 1 aromatic rings. The molecule has 0 saturated carbocycles. The smallest absolute Gasteiger partial charge is 0.225 e. The van der Waals surface area contributed by atoms with Gasteiger partial charge in [-0.15, -0.1) is 0 Å². The molecule has 0 unspecified atom stereocenters. The summed E-state index contributed by atoms with van der Waals surface area (Å²) in [6, 6.07) is 7.74. The number of amidine groups is 1. The number of hydrogen-bond acceptors (Lipinski definition) is 4. The Kier molecular flexibility index (Phi) is 2.41. The van der Waals surface area contributed by atoms with E-state index in [2.05, 4.69) is 9.71 Å². The minimum Gasteiger partial charge on any atom is -0.369 e. The third-order valence-corrected chi connectivity index (χ3v) is 2.64. The molecule has 1 aromatic carbocycles. The van der Waals surface area contributed by atoms with Crippen LogP contribution in [0, 0.1) is 0 Å². The fourth-order valence-corrected chi connectivity index (χ4v) is 1.87. The summed E-state index contributed by atoms with van der Waals surface area (Å²) in [6.07, 6.45) is 0.154. The van der Waals surface area contributed by atoms with E-state index in [-0.39, 0.29) is 12.3 Å². The van der Waals surface area contributed by atoms with Crippen LogP contribution in [0.25, 0.3) is 0 Å². The minimum absolute atomic E-state index is 0.154. The zero-order valence-electron chi connectivity index (χ0n) is 7.36. The van der Waals surface area contributed by atoms with Crippen LogP contribution in [0.1, 0.15) is 6.42 Å². The third kappa shape index (κ3) is 1.88. The number of aliphatic imine (C=N–C) groups is 1. The molecule has 1 heterocycles. The van der Waals surface area contributed by atoms with Crippen LogP contribution in [-0.4, -0.2) is 11.7 Å². The van der Waals surface area contributed by atoms with Crippen molar-refractivity contribution in [2.75, 3.05) is 0 Å². The molecule has 1 aliphatic rings. The maximum absolute atomic E-state index is 10.7. The van der Waals surface area contributed by atoms with Gasteiger partial charge in [0.15, 0.2) is 0 Å². The van der Waals surface area contributed by atoms with Gasteiger partial charge in [-0.2, -0.15) is 0 Å². The number of nitrogens with two attached hydrogens (primary N) is 1. The Morgan fingerprint density at radius 2 is 2.29 bits per heavy atom. The summed E-state index contributed by atoms with van der Waals surface area (Å²) in [6.45, 7) is 0. The van der Waals surface area contributed by atoms with Crippen molar-refractivity contribution < 1.29 is 4.79 Å². The highest BCUT2D eigenvalue weighted by Crippen LogP contribution is 2.30. The van der Waals surface area contributed by atoms with E-state index < -0.39 is 0 Å². The molecule has 5 heteroatoms. The molecule has 0 bridgehead atoms. The van der Waals surface area contributed by atoms with Crippen LogP contribution < -0.4 is 10.5 Å². The quantitative estimate of drug-likeness (QED) is 0.716. The number of amides is 1. The van der Waals surface area contributed by atoms with E-state index in [4.69, 9.17) is 5.73 Å². The molecule has 0 fully saturated rings. The van der Waals surface area contributed by atoms with Gasteiger partial charge < -0.3 is 10.5 Å². The van der Waals surface area contributed by atoms with Crippen molar-refractivity contribution >= 4 is 29.4 Å². The summed E-state index contributed by atoms with van der Waals surface area (Å²) in [5.74, 6) is 0.234. The highest BCUT2D eigenvalue weighted by Gasteiger charge is 2.12. The topological polar surface area (TPSA) is 67.5 Å². The highest BCUT2D eigenvalue weighted by molar-refractivity contribution is 7.98. The Morgan fingerprint density at radius 3 is 3.07 bits per heavy atom. The molecule has 1 amide bonds. The lowest BCUT2D eigenvalue weighted by molar-refractivity contribution is -0.116. The van der Waals surface area contributed by atoms with Crippen molar-refractivity contribution in [2.45, 2.75) is 11.3 Å². The zero-order valence-corrected chi connectivity index (χ0v) is 8.17. The maximum atomic E-state index is 10.7. The molecule has 1 aliphatic heterocycles. The van der Waals surface area contributed by atoms with Gasteiger partial charge in [-0.1, -0.05) is 12.1 Å². The average Bonchev–Trinajstić information content (AvgIpc) is 2.17. The molecule has 4 nitrogen and oxygen atoms in total. The Labute approximate surface area is 85.7 Å². The summed E-state index contributed by atoms with van der Waals surface area (Å²) in [7, 11) is 0. The molecule has 0 aromatic heterocycles. The van der Waals surface area contributed by atoms with Gasteiger partial charge >= 0.3 is 0 Å². The fraction of sp³-hybridized carbons (Fsp3) is 0.111. The summed E-state index contributed by atoms with van der Waals surface area (Å²) in [5.41, 5.74) is 5.96. The van der Waals surface area contributed by atoms with Crippen LogP contribution in [0.3, 0.4) is 0 Å². The third-order valence-electron chi connectivity index (χ3n) is 1.74. The van der Waals surface area contributed by atoms with Crippen LogP contribution in [0.15, 0.2) is 34.2 Å².